The number of nitrogens with zero attached hydrogens (tertiary/aromatic N) is 5. The number of carbonyl (C=O) groups is 2. The van der Waals surface area contributed by atoms with Gasteiger partial charge in [-0.3, -0.25) is 9.78 Å². The molecule has 3 aromatic heterocycles. The highest BCUT2D eigenvalue weighted by Gasteiger charge is 2.47. The number of pyridine rings is 1. The molecule has 0 spiro atoms. The molecule has 43 heavy (non-hydrogen) atoms. The number of ether oxygens (including phenoxy) is 1. The van der Waals surface area contributed by atoms with Crippen LogP contribution in [0.3, 0.4) is 0 Å². The Bertz CT molecular complexity index is 1670. The molecule has 2 aliphatic heterocycles. The highest BCUT2D eigenvalue weighted by Crippen LogP contribution is 2.51. The van der Waals surface area contributed by atoms with Crippen LogP contribution in [-0.4, -0.2) is 54.2 Å². The van der Waals surface area contributed by atoms with Crippen molar-refractivity contribution in [3.05, 3.63) is 66.1 Å². The van der Waals surface area contributed by atoms with Gasteiger partial charge in [0, 0.05) is 53.4 Å². The Kier molecular flexibility index (Phi) is 6.71. The first-order valence-corrected chi connectivity index (χ1v) is 15.4. The number of fused-ring (bicyclic) bond motifs is 3. The SMILES string of the molecule is CC(=O)Nc1c(C2CC2)c(C2CC3CCC(C2)N3C(=O)OC(C)(C)C)nc2c(-c3ccc(-c4ccccc4)nc3)cnn12. The molecule has 2 atom stereocenters. The Morgan fingerprint density at radius 2 is 1.63 bits per heavy atom. The number of hydrogen-bond acceptors (Lipinski definition) is 6. The molecule has 0 radical (unpaired) electrons. The number of rotatable bonds is 5. The van der Waals surface area contributed by atoms with Crippen molar-refractivity contribution in [1.82, 2.24) is 24.5 Å². The highest BCUT2D eigenvalue weighted by atomic mass is 16.6. The van der Waals surface area contributed by atoms with Crippen LogP contribution >= 0.6 is 0 Å². The fourth-order valence-electron chi connectivity index (χ4n) is 6.95. The van der Waals surface area contributed by atoms with Gasteiger partial charge in [0.15, 0.2) is 5.65 Å². The number of benzene rings is 1. The van der Waals surface area contributed by atoms with Crippen molar-refractivity contribution in [3.8, 4) is 22.4 Å². The van der Waals surface area contributed by atoms with Crippen molar-refractivity contribution < 1.29 is 14.3 Å². The van der Waals surface area contributed by atoms with E-state index >= 15 is 0 Å². The zero-order chi connectivity index (χ0) is 29.9. The molecule has 3 fully saturated rings. The van der Waals surface area contributed by atoms with E-state index in [1.165, 1.54) is 0 Å². The Labute approximate surface area is 251 Å². The molecule has 4 aromatic rings. The number of aromatic nitrogens is 4. The van der Waals surface area contributed by atoms with Crippen LogP contribution in [0.1, 0.15) is 89.3 Å². The highest BCUT2D eigenvalue weighted by molar-refractivity contribution is 5.90. The minimum Gasteiger partial charge on any atom is -0.444 e. The van der Waals surface area contributed by atoms with E-state index in [9.17, 15) is 9.59 Å². The molecule has 2 saturated heterocycles. The van der Waals surface area contributed by atoms with Gasteiger partial charge in [-0.2, -0.15) is 9.61 Å². The first kappa shape index (κ1) is 27.6. The molecule has 1 N–H and O–H groups in total. The predicted octanol–water partition coefficient (Wildman–Crippen LogP) is 6.94. The number of amides is 2. The lowest BCUT2D eigenvalue weighted by Crippen LogP contribution is -2.48. The quantitative estimate of drug-likeness (QED) is 0.275. The summed E-state index contributed by atoms with van der Waals surface area (Å²) in [5, 5.41) is 7.86. The predicted molar refractivity (Wildman–Crippen MR) is 165 cm³/mol. The first-order valence-electron chi connectivity index (χ1n) is 15.4. The van der Waals surface area contributed by atoms with E-state index in [2.05, 4.69) is 11.4 Å². The van der Waals surface area contributed by atoms with Gasteiger partial charge in [-0.05, 0) is 71.3 Å². The smallest absolute Gasteiger partial charge is 0.410 e. The van der Waals surface area contributed by atoms with E-state index in [0.717, 1.165) is 78.0 Å². The maximum atomic E-state index is 13.2. The zero-order valence-electron chi connectivity index (χ0n) is 25.2. The third-order valence-electron chi connectivity index (χ3n) is 8.86. The minimum absolute atomic E-state index is 0.118. The van der Waals surface area contributed by atoms with E-state index in [-0.39, 0.29) is 30.0 Å². The number of nitrogens with one attached hydrogen (secondary N) is 1. The van der Waals surface area contributed by atoms with E-state index in [1.54, 1.807) is 11.4 Å². The maximum absolute atomic E-state index is 13.2. The Balaban J connectivity index is 1.29. The molecule has 1 saturated carbocycles. The third-order valence-corrected chi connectivity index (χ3v) is 8.86. The van der Waals surface area contributed by atoms with Crippen molar-refractivity contribution in [2.75, 3.05) is 5.32 Å². The molecule has 2 amide bonds. The number of carbonyl (C=O) groups excluding carboxylic acids is 2. The summed E-state index contributed by atoms with van der Waals surface area (Å²) in [5.74, 6) is 1.10. The van der Waals surface area contributed by atoms with Gasteiger partial charge < -0.3 is 15.0 Å². The summed E-state index contributed by atoms with van der Waals surface area (Å²) in [6, 6.07) is 14.4. The summed E-state index contributed by atoms with van der Waals surface area (Å²) in [4.78, 5) is 37.7. The van der Waals surface area contributed by atoms with Crippen molar-refractivity contribution in [3.63, 3.8) is 0 Å². The van der Waals surface area contributed by atoms with Gasteiger partial charge in [-0.1, -0.05) is 36.4 Å². The fourth-order valence-corrected chi connectivity index (χ4v) is 6.95. The topological polar surface area (TPSA) is 102 Å². The lowest BCUT2D eigenvalue weighted by molar-refractivity contribution is -0.114. The first-order chi connectivity index (χ1) is 20.7. The molecule has 9 nitrogen and oxygen atoms in total. The van der Waals surface area contributed by atoms with Gasteiger partial charge >= 0.3 is 6.09 Å². The second kappa shape index (κ2) is 10.5. The monoisotopic (exact) mass is 578 g/mol. The van der Waals surface area contributed by atoms with Crippen LogP contribution in [0, 0.1) is 0 Å². The number of anilines is 1. The van der Waals surface area contributed by atoms with Crippen molar-refractivity contribution in [2.24, 2.45) is 0 Å². The maximum Gasteiger partial charge on any atom is 0.410 e. The van der Waals surface area contributed by atoms with Crippen LogP contribution in [0.25, 0.3) is 28.0 Å². The summed E-state index contributed by atoms with van der Waals surface area (Å²) in [7, 11) is 0. The molecule has 1 aliphatic carbocycles. The molecule has 222 valence electrons. The average molecular weight is 579 g/mol. The van der Waals surface area contributed by atoms with Crippen molar-refractivity contribution >= 4 is 23.5 Å². The van der Waals surface area contributed by atoms with Crippen molar-refractivity contribution in [1.29, 1.82) is 0 Å². The van der Waals surface area contributed by atoms with Crippen LogP contribution in [0.5, 0.6) is 0 Å². The van der Waals surface area contributed by atoms with E-state index in [1.807, 2.05) is 74.5 Å². The van der Waals surface area contributed by atoms with Crippen LogP contribution in [0.15, 0.2) is 54.9 Å². The van der Waals surface area contributed by atoms with Gasteiger partial charge in [0.1, 0.15) is 11.4 Å². The van der Waals surface area contributed by atoms with Crippen LogP contribution in [-0.2, 0) is 9.53 Å². The van der Waals surface area contributed by atoms with Crippen molar-refractivity contribution in [2.45, 2.75) is 95.7 Å². The van der Waals surface area contributed by atoms with Crippen LogP contribution in [0.4, 0.5) is 10.6 Å². The Morgan fingerprint density at radius 1 is 0.907 bits per heavy atom. The lowest BCUT2D eigenvalue weighted by Gasteiger charge is -2.40. The van der Waals surface area contributed by atoms with Gasteiger partial charge in [0.2, 0.25) is 5.91 Å². The molecule has 7 rings (SSSR count). The lowest BCUT2D eigenvalue weighted by atomic mass is 9.85. The van der Waals surface area contributed by atoms with E-state index < -0.39 is 5.60 Å². The van der Waals surface area contributed by atoms with Gasteiger partial charge in [0.25, 0.3) is 0 Å². The molecule has 9 heteroatoms. The standard InChI is InChI=1S/C34H38N6O3/c1-20(41)37-32-29(22-10-11-22)30(24-16-25-13-14-26(17-24)39(25)33(42)43-34(2,3)4)38-31-27(19-36-40(31)32)23-12-15-28(35-18-23)21-8-6-5-7-9-21/h5-9,12,15,18-19,22,24-26H,10-11,13-14,16-17H2,1-4H3,(H,37,41). The number of piperidine rings is 1. The summed E-state index contributed by atoms with van der Waals surface area (Å²) in [6.45, 7) is 7.28. The molecule has 3 aliphatic rings. The summed E-state index contributed by atoms with van der Waals surface area (Å²) in [6.07, 6.45) is 9.20. The molecule has 1 aromatic carbocycles. The fraction of sp³-hybridized carbons (Fsp3) is 0.441. The van der Waals surface area contributed by atoms with Crippen LogP contribution < -0.4 is 5.32 Å². The Morgan fingerprint density at radius 3 is 2.23 bits per heavy atom. The second-order valence-corrected chi connectivity index (χ2v) is 13.2. The molecule has 5 heterocycles. The largest absolute Gasteiger partial charge is 0.444 e. The third kappa shape index (κ3) is 5.26. The van der Waals surface area contributed by atoms with E-state index in [4.69, 9.17) is 19.8 Å². The van der Waals surface area contributed by atoms with Gasteiger partial charge in [-0.15, -0.1) is 0 Å². The van der Waals surface area contributed by atoms with E-state index in [0.29, 0.717) is 11.6 Å². The minimum atomic E-state index is -0.529. The van der Waals surface area contributed by atoms with Gasteiger partial charge in [-0.25, -0.2) is 9.78 Å². The summed E-state index contributed by atoms with van der Waals surface area (Å²) >= 11 is 0. The summed E-state index contributed by atoms with van der Waals surface area (Å²) < 4.78 is 7.58. The molecular formula is C34H38N6O3. The summed E-state index contributed by atoms with van der Waals surface area (Å²) in [5.41, 5.74) is 6.07. The number of hydrogen-bond donors (Lipinski definition) is 1. The zero-order valence-corrected chi connectivity index (χ0v) is 25.2. The molecule has 2 bridgehead atoms. The normalized spacial score (nSPS) is 21.7. The Hall–Kier alpha value is -4.27. The molecular weight excluding hydrogens is 540 g/mol. The second-order valence-electron chi connectivity index (χ2n) is 13.2. The van der Waals surface area contributed by atoms with Crippen LogP contribution in [0.2, 0.25) is 0 Å². The average Bonchev–Trinajstić information content (AvgIpc) is 3.66. The van der Waals surface area contributed by atoms with Gasteiger partial charge in [0.05, 0.1) is 17.6 Å². The molecule has 2 unspecified atom stereocenters.